The largest absolute Gasteiger partial charge is 0.493 e. The Morgan fingerprint density at radius 2 is 1.75 bits per heavy atom. The second-order valence-corrected chi connectivity index (χ2v) is 7.32. The van der Waals surface area contributed by atoms with Crippen LogP contribution in [0.5, 0.6) is 5.75 Å². The average molecular weight is 447 g/mol. The van der Waals surface area contributed by atoms with Gasteiger partial charge in [-0.25, -0.2) is 0 Å². The van der Waals surface area contributed by atoms with Crippen LogP contribution >= 0.6 is 15.9 Å². The highest BCUT2D eigenvalue weighted by atomic mass is 79.9. The van der Waals surface area contributed by atoms with Gasteiger partial charge in [0.1, 0.15) is 5.75 Å². The number of hydrogen-bond acceptors (Lipinski definition) is 3. The topological polar surface area (TPSA) is 58.6 Å². The molecule has 1 N–H and O–H groups in total. The van der Waals surface area contributed by atoms with Crippen molar-refractivity contribution in [1.29, 1.82) is 0 Å². The third-order valence-corrected chi connectivity index (χ3v) is 4.62. The normalized spacial score (nSPS) is 10.4. The van der Waals surface area contributed by atoms with Gasteiger partial charge in [-0.15, -0.1) is 0 Å². The lowest BCUT2D eigenvalue weighted by Crippen LogP contribution is -2.32. The number of benzene rings is 2. The summed E-state index contributed by atoms with van der Waals surface area (Å²) >= 11 is 3.39. The van der Waals surface area contributed by atoms with Crippen molar-refractivity contribution in [1.82, 2.24) is 4.90 Å². The van der Waals surface area contributed by atoms with Crippen molar-refractivity contribution in [2.45, 2.75) is 33.6 Å². The minimum absolute atomic E-state index is 0.0164. The predicted octanol–water partition coefficient (Wildman–Crippen LogP) is 5.36. The van der Waals surface area contributed by atoms with Crippen LogP contribution in [-0.2, 0) is 0 Å². The number of rotatable bonds is 9. The molecule has 0 bridgehead atoms. The van der Waals surface area contributed by atoms with Gasteiger partial charge in [0.25, 0.3) is 11.8 Å². The van der Waals surface area contributed by atoms with Gasteiger partial charge in [-0.2, -0.15) is 0 Å². The molecule has 2 amide bonds. The van der Waals surface area contributed by atoms with Crippen LogP contribution in [-0.4, -0.2) is 36.4 Å². The molecule has 5 nitrogen and oxygen atoms in total. The van der Waals surface area contributed by atoms with E-state index in [0.29, 0.717) is 29.2 Å². The van der Waals surface area contributed by atoms with Crippen LogP contribution in [0.15, 0.2) is 46.9 Å². The summed E-state index contributed by atoms with van der Waals surface area (Å²) in [6.45, 7) is 7.90. The van der Waals surface area contributed by atoms with Gasteiger partial charge < -0.3 is 15.0 Å². The first kappa shape index (κ1) is 22.0. The van der Waals surface area contributed by atoms with Crippen LogP contribution in [0.1, 0.15) is 54.3 Å². The third-order valence-electron chi connectivity index (χ3n) is 4.13. The van der Waals surface area contributed by atoms with Crippen LogP contribution in [0.2, 0.25) is 0 Å². The third kappa shape index (κ3) is 5.83. The molecule has 28 heavy (non-hydrogen) atoms. The lowest BCUT2D eigenvalue weighted by atomic mass is 10.1. The smallest absolute Gasteiger partial charge is 0.259 e. The number of halogens is 1. The molecule has 0 heterocycles. The van der Waals surface area contributed by atoms with E-state index in [2.05, 4.69) is 35.1 Å². The molecule has 150 valence electrons. The molecule has 6 heteroatoms. The number of nitrogens with one attached hydrogen (secondary N) is 1. The molecule has 2 aromatic rings. The summed E-state index contributed by atoms with van der Waals surface area (Å²) in [7, 11) is 0. The number of nitrogens with zero attached hydrogens (tertiary/aromatic N) is 1. The van der Waals surface area contributed by atoms with E-state index < -0.39 is 0 Å². The van der Waals surface area contributed by atoms with E-state index in [1.54, 1.807) is 36.4 Å². The number of carbonyl (C=O) groups is 2. The summed E-state index contributed by atoms with van der Waals surface area (Å²) in [5.41, 5.74) is 1.58. The standard InChI is InChI=1S/C22H27BrN2O3/c1-4-12-25(13-5-2)22(27)16-8-7-9-18(14-16)24-21(26)19-15-17(23)10-11-20(19)28-6-3/h7-11,14-15H,4-6,12-13H2,1-3H3,(H,24,26). The molecule has 0 saturated heterocycles. The Labute approximate surface area is 175 Å². The van der Waals surface area contributed by atoms with E-state index in [4.69, 9.17) is 4.74 Å². The lowest BCUT2D eigenvalue weighted by molar-refractivity contribution is 0.0755. The maximum absolute atomic E-state index is 12.8. The first-order valence-corrected chi connectivity index (χ1v) is 10.4. The van der Waals surface area contributed by atoms with Crippen LogP contribution in [0, 0.1) is 0 Å². The Morgan fingerprint density at radius 3 is 2.39 bits per heavy atom. The van der Waals surface area contributed by atoms with Crippen molar-refractivity contribution in [3.63, 3.8) is 0 Å². The maximum atomic E-state index is 12.8. The summed E-state index contributed by atoms with van der Waals surface area (Å²) in [5.74, 6) is 0.220. The summed E-state index contributed by atoms with van der Waals surface area (Å²) in [5, 5.41) is 2.87. The van der Waals surface area contributed by atoms with E-state index in [1.807, 2.05) is 17.9 Å². The molecule has 2 rings (SSSR count). The molecular formula is C22H27BrN2O3. The fraction of sp³-hybridized carbons (Fsp3) is 0.364. The lowest BCUT2D eigenvalue weighted by Gasteiger charge is -2.21. The summed E-state index contributed by atoms with van der Waals surface area (Å²) in [4.78, 5) is 27.4. The van der Waals surface area contributed by atoms with E-state index in [1.165, 1.54) is 0 Å². The highest BCUT2D eigenvalue weighted by molar-refractivity contribution is 9.10. The van der Waals surface area contributed by atoms with Crippen LogP contribution < -0.4 is 10.1 Å². The molecule has 0 saturated carbocycles. The summed E-state index contributed by atoms with van der Waals surface area (Å²) < 4.78 is 6.35. The molecule has 0 atom stereocenters. The van der Waals surface area contributed by atoms with Crippen molar-refractivity contribution in [3.05, 3.63) is 58.1 Å². The van der Waals surface area contributed by atoms with Gasteiger partial charge in [-0.3, -0.25) is 9.59 Å². The average Bonchev–Trinajstić information content (AvgIpc) is 2.69. The molecule has 0 aliphatic rings. The predicted molar refractivity (Wildman–Crippen MR) is 116 cm³/mol. The zero-order valence-electron chi connectivity index (χ0n) is 16.6. The van der Waals surface area contributed by atoms with Gasteiger partial charge in [0.15, 0.2) is 0 Å². The zero-order chi connectivity index (χ0) is 20.5. The molecule has 0 aliphatic heterocycles. The van der Waals surface area contributed by atoms with Crippen molar-refractivity contribution in [2.75, 3.05) is 25.0 Å². The minimum Gasteiger partial charge on any atom is -0.493 e. The quantitative estimate of drug-likeness (QED) is 0.563. The van der Waals surface area contributed by atoms with Crippen molar-refractivity contribution in [2.24, 2.45) is 0 Å². The van der Waals surface area contributed by atoms with E-state index in [0.717, 1.165) is 30.4 Å². The van der Waals surface area contributed by atoms with Crippen LogP contribution in [0.3, 0.4) is 0 Å². The number of anilines is 1. The molecular weight excluding hydrogens is 420 g/mol. The Morgan fingerprint density at radius 1 is 1.04 bits per heavy atom. The monoisotopic (exact) mass is 446 g/mol. The Kier molecular flexibility index (Phi) is 8.51. The van der Waals surface area contributed by atoms with Gasteiger partial charge in [-0.1, -0.05) is 35.8 Å². The fourth-order valence-corrected chi connectivity index (χ4v) is 3.29. The van der Waals surface area contributed by atoms with Gasteiger partial charge in [-0.05, 0) is 56.2 Å². The minimum atomic E-state index is -0.284. The first-order chi connectivity index (χ1) is 13.5. The molecule has 0 spiro atoms. The van der Waals surface area contributed by atoms with E-state index >= 15 is 0 Å². The SMILES string of the molecule is CCCN(CCC)C(=O)c1cccc(NC(=O)c2cc(Br)ccc2OCC)c1. The molecule has 2 aromatic carbocycles. The second-order valence-electron chi connectivity index (χ2n) is 6.40. The highest BCUT2D eigenvalue weighted by Gasteiger charge is 2.17. The number of hydrogen-bond donors (Lipinski definition) is 1. The first-order valence-electron chi connectivity index (χ1n) is 9.63. The highest BCUT2D eigenvalue weighted by Crippen LogP contribution is 2.25. The number of carbonyl (C=O) groups excluding carboxylic acids is 2. The van der Waals surface area contributed by atoms with E-state index in [-0.39, 0.29) is 11.8 Å². The van der Waals surface area contributed by atoms with Gasteiger partial charge in [0.2, 0.25) is 0 Å². The Bertz CT molecular complexity index is 817. The molecule has 0 aliphatic carbocycles. The molecule has 0 unspecified atom stereocenters. The zero-order valence-corrected chi connectivity index (χ0v) is 18.2. The van der Waals surface area contributed by atoms with Crippen LogP contribution in [0.4, 0.5) is 5.69 Å². The Hall–Kier alpha value is -2.34. The molecule has 0 radical (unpaired) electrons. The summed E-state index contributed by atoms with van der Waals surface area (Å²) in [6, 6.07) is 12.4. The second kappa shape index (κ2) is 10.9. The van der Waals surface area contributed by atoms with E-state index in [9.17, 15) is 9.59 Å². The van der Waals surface area contributed by atoms with Gasteiger partial charge in [0.05, 0.1) is 12.2 Å². The maximum Gasteiger partial charge on any atom is 0.259 e. The number of ether oxygens (including phenoxy) is 1. The Balaban J connectivity index is 2.22. The molecule has 0 fully saturated rings. The van der Waals surface area contributed by atoms with Gasteiger partial charge in [0, 0.05) is 28.8 Å². The van der Waals surface area contributed by atoms with Crippen LogP contribution in [0.25, 0.3) is 0 Å². The van der Waals surface area contributed by atoms with Crippen molar-refractivity contribution in [3.8, 4) is 5.75 Å². The molecule has 0 aromatic heterocycles. The van der Waals surface area contributed by atoms with Crippen molar-refractivity contribution >= 4 is 33.4 Å². The summed E-state index contributed by atoms with van der Waals surface area (Å²) in [6.07, 6.45) is 1.82. The number of amides is 2. The van der Waals surface area contributed by atoms with Crippen molar-refractivity contribution < 1.29 is 14.3 Å². The van der Waals surface area contributed by atoms with Gasteiger partial charge >= 0.3 is 0 Å². The fourth-order valence-electron chi connectivity index (χ4n) is 2.93.